The molecule has 33 heavy (non-hydrogen) atoms. The Morgan fingerprint density at radius 1 is 1.00 bits per heavy atom. The molecule has 12 heteroatoms. The Morgan fingerprint density at radius 3 is 2.30 bits per heavy atom. The van der Waals surface area contributed by atoms with E-state index in [2.05, 4.69) is 10.0 Å². The zero-order chi connectivity index (χ0) is 24.0. The highest BCUT2D eigenvalue weighted by Gasteiger charge is 2.28. The number of fused-ring (bicyclic) bond motifs is 1. The predicted molar refractivity (Wildman–Crippen MR) is 118 cm³/mol. The van der Waals surface area contributed by atoms with Gasteiger partial charge in [-0.15, -0.1) is 0 Å². The number of piperazine rings is 1. The Morgan fingerprint density at radius 2 is 1.64 bits per heavy atom. The third-order valence-electron chi connectivity index (χ3n) is 5.19. The summed E-state index contributed by atoms with van der Waals surface area (Å²) in [5, 5.41) is 2.56. The van der Waals surface area contributed by atoms with Gasteiger partial charge in [0.25, 0.3) is 0 Å². The molecule has 0 saturated carbocycles. The lowest BCUT2D eigenvalue weighted by atomic mass is 10.2. The second-order valence-corrected chi connectivity index (χ2v) is 9.87. The molecule has 3 amide bonds. The van der Waals surface area contributed by atoms with Crippen molar-refractivity contribution < 1.29 is 32.3 Å². The average Bonchev–Trinajstić information content (AvgIpc) is 3.03. The van der Waals surface area contributed by atoms with E-state index in [4.69, 9.17) is 9.47 Å². The minimum Gasteiger partial charge on any atom is -0.490 e. The Kier molecular flexibility index (Phi) is 8.14. The van der Waals surface area contributed by atoms with Crippen LogP contribution in [-0.2, 0) is 24.4 Å². The van der Waals surface area contributed by atoms with Crippen LogP contribution < -0.4 is 19.5 Å². The summed E-state index contributed by atoms with van der Waals surface area (Å²) in [4.78, 5) is 39.5. The standard InChI is InChI=1S/C21H30N4O7S/c1-15(2)23-20(27)21(28)25-10-8-24(9-11-25)19(26)6-7-22-33(29,30)16-4-5-17-18(14-16)32-13-3-12-31-17/h4-5,14-15,22H,3,6-13H2,1-2H3,(H,23,27). The summed E-state index contributed by atoms with van der Waals surface area (Å²) in [6.07, 6.45) is 0.691. The molecule has 0 aromatic heterocycles. The van der Waals surface area contributed by atoms with Crippen LogP contribution in [0.5, 0.6) is 11.5 Å². The van der Waals surface area contributed by atoms with Gasteiger partial charge in [0.15, 0.2) is 11.5 Å². The van der Waals surface area contributed by atoms with Crippen molar-refractivity contribution in [2.45, 2.75) is 37.6 Å². The number of hydrogen-bond acceptors (Lipinski definition) is 7. The number of benzene rings is 1. The van der Waals surface area contributed by atoms with Crippen molar-refractivity contribution in [3.63, 3.8) is 0 Å². The largest absolute Gasteiger partial charge is 0.490 e. The average molecular weight is 483 g/mol. The number of nitrogens with zero attached hydrogens (tertiary/aromatic N) is 2. The Hall–Kier alpha value is -2.86. The van der Waals surface area contributed by atoms with Gasteiger partial charge in [-0.05, 0) is 26.0 Å². The quantitative estimate of drug-likeness (QED) is 0.532. The van der Waals surface area contributed by atoms with E-state index in [9.17, 15) is 22.8 Å². The second kappa shape index (κ2) is 10.8. The van der Waals surface area contributed by atoms with Crippen LogP contribution in [0.15, 0.2) is 23.1 Å². The topological polar surface area (TPSA) is 134 Å². The van der Waals surface area contributed by atoms with E-state index in [1.165, 1.54) is 17.0 Å². The first-order valence-electron chi connectivity index (χ1n) is 10.9. The lowest BCUT2D eigenvalue weighted by Crippen LogP contribution is -2.54. The molecule has 2 N–H and O–H groups in total. The first kappa shape index (κ1) is 24.8. The van der Waals surface area contributed by atoms with E-state index in [0.29, 0.717) is 31.1 Å². The van der Waals surface area contributed by atoms with Crippen LogP contribution in [-0.4, -0.2) is 87.9 Å². The number of nitrogens with one attached hydrogen (secondary N) is 2. The number of sulfonamides is 1. The highest BCUT2D eigenvalue weighted by Crippen LogP contribution is 2.31. The zero-order valence-corrected chi connectivity index (χ0v) is 19.7. The Balaban J connectivity index is 1.46. The van der Waals surface area contributed by atoms with Gasteiger partial charge in [0, 0.05) is 57.7 Å². The molecule has 0 bridgehead atoms. The molecular weight excluding hydrogens is 452 g/mol. The van der Waals surface area contributed by atoms with Gasteiger partial charge in [-0.1, -0.05) is 0 Å². The molecule has 3 rings (SSSR count). The number of rotatable bonds is 6. The maximum atomic E-state index is 12.6. The summed E-state index contributed by atoms with van der Waals surface area (Å²) in [7, 11) is -3.83. The SMILES string of the molecule is CC(C)NC(=O)C(=O)N1CCN(C(=O)CCNS(=O)(=O)c2ccc3c(c2)OCCCO3)CC1. The third-order valence-corrected chi connectivity index (χ3v) is 6.65. The van der Waals surface area contributed by atoms with Crippen LogP contribution >= 0.6 is 0 Å². The summed E-state index contributed by atoms with van der Waals surface area (Å²) in [6, 6.07) is 4.27. The van der Waals surface area contributed by atoms with Gasteiger partial charge in [-0.25, -0.2) is 13.1 Å². The minimum absolute atomic E-state index is 0.0223. The van der Waals surface area contributed by atoms with Crippen LogP contribution in [0.2, 0.25) is 0 Å². The maximum Gasteiger partial charge on any atom is 0.312 e. The maximum absolute atomic E-state index is 12.6. The molecule has 1 fully saturated rings. The van der Waals surface area contributed by atoms with Gasteiger partial charge in [0.05, 0.1) is 18.1 Å². The predicted octanol–water partition coefficient (Wildman–Crippen LogP) is -0.288. The molecule has 0 spiro atoms. The van der Waals surface area contributed by atoms with Gasteiger partial charge in [0.2, 0.25) is 15.9 Å². The lowest BCUT2D eigenvalue weighted by Gasteiger charge is -2.34. The third kappa shape index (κ3) is 6.57. The molecule has 2 aliphatic heterocycles. The lowest BCUT2D eigenvalue weighted by molar-refractivity contribution is -0.148. The smallest absolute Gasteiger partial charge is 0.312 e. The minimum atomic E-state index is -3.83. The van der Waals surface area contributed by atoms with Crippen molar-refractivity contribution in [2.75, 3.05) is 45.9 Å². The van der Waals surface area contributed by atoms with Crippen LogP contribution in [0.3, 0.4) is 0 Å². The molecule has 1 aromatic carbocycles. The summed E-state index contributed by atoms with van der Waals surface area (Å²) in [6.45, 7) is 5.50. The van der Waals surface area contributed by atoms with E-state index in [0.717, 1.165) is 0 Å². The fraction of sp³-hybridized carbons (Fsp3) is 0.571. The van der Waals surface area contributed by atoms with Crippen molar-refractivity contribution >= 4 is 27.7 Å². The zero-order valence-electron chi connectivity index (χ0n) is 18.8. The van der Waals surface area contributed by atoms with Crippen molar-refractivity contribution in [1.82, 2.24) is 19.8 Å². The van der Waals surface area contributed by atoms with Crippen LogP contribution in [0.25, 0.3) is 0 Å². The van der Waals surface area contributed by atoms with Crippen LogP contribution in [0, 0.1) is 0 Å². The van der Waals surface area contributed by atoms with Crippen molar-refractivity contribution in [2.24, 2.45) is 0 Å². The van der Waals surface area contributed by atoms with E-state index < -0.39 is 21.8 Å². The van der Waals surface area contributed by atoms with Crippen molar-refractivity contribution in [3.8, 4) is 11.5 Å². The van der Waals surface area contributed by atoms with E-state index in [1.54, 1.807) is 24.8 Å². The normalized spacial score (nSPS) is 16.3. The van der Waals surface area contributed by atoms with Gasteiger partial charge in [0.1, 0.15) is 0 Å². The van der Waals surface area contributed by atoms with Gasteiger partial charge < -0.3 is 24.6 Å². The fourth-order valence-electron chi connectivity index (χ4n) is 3.47. The van der Waals surface area contributed by atoms with Gasteiger partial charge >= 0.3 is 11.8 Å². The number of hydrogen-bond donors (Lipinski definition) is 2. The molecule has 0 radical (unpaired) electrons. The highest BCUT2D eigenvalue weighted by atomic mass is 32.2. The molecule has 0 aliphatic carbocycles. The monoisotopic (exact) mass is 482 g/mol. The molecule has 1 aromatic rings. The molecule has 0 atom stereocenters. The molecule has 1 saturated heterocycles. The molecule has 2 aliphatic rings. The summed E-state index contributed by atoms with van der Waals surface area (Å²) in [5.41, 5.74) is 0. The number of carbonyl (C=O) groups is 3. The first-order valence-corrected chi connectivity index (χ1v) is 12.4. The van der Waals surface area contributed by atoms with Crippen molar-refractivity contribution in [1.29, 1.82) is 0 Å². The molecular formula is C21H30N4O7S. The second-order valence-electron chi connectivity index (χ2n) is 8.11. The number of carbonyl (C=O) groups excluding carboxylic acids is 3. The van der Waals surface area contributed by atoms with E-state index in [-0.39, 0.29) is 56.0 Å². The fourth-order valence-corrected chi connectivity index (χ4v) is 4.52. The Labute approximate surface area is 193 Å². The summed E-state index contributed by atoms with van der Waals surface area (Å²) >= 11 is 0. The van der Waals surface area contributed by atoms with Gasteiger partial charge in [-0.3, -0.25) is 14.4 Å². The molecule has 2 heterocycles. The molecule has 11 nitrogen and oxygen atoms in total. The van der Waals surface area contributed by atoms with Crippen molar-refractivity contribution in [3.05, 3.63) is 18.2 Å². The number of ether oxygens (including phenoxy) is 2. The Bertz CT molecular complexity index is 988. The highest BCUT2D eigenvalue weighted by molar-refractivity contribution is 7.89. The molecule has 182 valence electrons. The number of amides is 3. The summed E-state index contributed by atoms with van der Waals surface area (Å²) < 4.78 is 38.7. The van der Waals surface area contributed by atoms with Crippen LogP contribution in [0.1, 0.15) is 26.7 Å². The van der Waals surface area contributed by atoms with E-state index >= 15 is 0 Å². The molecule has 0 unspecified atom stereocenters. The first-order chi connectivity index (χ1) is 15.7. The van der Waals surface area contributed by atoms with Crippen LogP contribution in [0.4, 0.5) is 0 Å². The van der Waals surface area contributed by atoms with Gasteiger partial charge in [-0.2, -0.15) is 0 Å². The summed E-state index contributed by atoms with van der Waals surface area (Å²) in [5.74, 6) is -0.621. The van der Waals surface area contributed by atoms with E-state index in [1.807, 2.05) is 0 Å².